The Morgan fingerprint density at radius 1 is 1.50 bits per heavy atom. The number of nitrogens with zero attached hydrogens (tertiary/aromatic N) is 2. The Morgan fingerprint density at radius 2 is 2.38 bits per heavy atom. The Morgan fingerprint density at radius 3 is 3.00 bits per heavy atom. The van der Waals surface area contributed by atoms with Gasteiger partial charge in [-0.1, -0.05) is 6.92 Å². The second kappa shape index (κ2) is 4.85. The molecule has 4 nitrogen and oxygen atoms in total. The normalized spacial score (nSPS) is 12.6. The molecule has 2 heterocycles. The molecule has 16 heavy (non-hydrogen) atoms. The molecule has 0 bridgehead atoms. The van der Waals surface area contributed by atoms with Gasteiger partial charge in [-0.05, 0) is 18.2 Å². The summed E-state index contributed by atoms with van der Waals surface area (Å²) in [6, 6.07) is 1.31. The van der Waals surface area contributed by atoms with Gasteiger partial charge in [0.2, 0.25) is 0 Å². The molecule has 0 saturated heterocycles. The lowest BCUT2D eigenvalue weighted by Crippen LogP contribution is -2.23. The molecule has 0 spiro atoms. The Labute approximate surface area is 92.9 Å². The molecule has 2 rings (SSSR count). The largest absolute Gasteiger partial charge is 0.347 e. The highest BCUT2D eigenvalue weighted by molar-refractivity contribution is 5.21. The molecule has 5 heteroatoms. The lowest BCUT2D eigenvalue weighted by molar-refractivity contribution is 0.582. The standard InChI is InChI=1S/C11H13FN4/c1-2-14-10(11-15-3-4-16-11)8-5-9(12)7-13-6-8/h3-7,10,14H,2H2,1H3,(H,15,16). The van der Waals surface area contributed by atoms with E-state index >= 15 is 0 Å². The lowest BCUT2D eigenvalue weighted by Gasteiger charge is -2.15. The second-order valence-electron chi connectivity index (χ2n) is 3.40. The van der Waals surface area contributed by atoms with Crippen LogP contribution in [0.2, 0.25) is 0 Å². The van der Waals surface area contributed by atoms with Crippen molar-refractivity contribution in [2.24, 2.45) is 0 Å². The fraction of sp³-hybridized carbons (Fsp3) is 0.273. The maximum Gasteiger partial charge on any atom is 0.141 e. The number of halogens is 1. The van der Waals surface area contributed by atoms with Gasteiger partial charge >= 0.3 is 0 Å². The van der Waals surface area contributed by atoms with Crippen molar-refractivity contribution in [3.05, 3.63) is 48.1 Å². The number of nitrogens with one attached hydrogen (secondary N) is 2. The molecule has 0 aliphatic heterocycles. The van der Waals surface area contributed by atoms with E-state index in [1.165, 1.54) is 12.3 Å². The van der Waals surface area contributed by atoms with Crippen LogP contribution in [0.25, 0.3) is 0 Å². The number of aromatic amines is 1. The second-order valence-corrected chi connectivity index (χ2v) is 3.40. The highest BCUT2D eigenvalue weighted by atomic mass is 19.1. The molecular weight excluding hydrogens is 207 g/mol. The summed E-state index contributed by atoms with van der Waals surface area (Å²) in [6.07, 6.45) is 6.24. The first-order chi connectivity index (χ1) is 7.81. The van der Waals surface area contributed by atoms with E-state index in [9.17, 15) is 4.39 Å². The van der Waals surface area contributed by atoms with Crippen molar-refractivity contribution in [3.63, 3.8) is 0 Å². The minimum atomic E-state index is -0.341. The van der Waals surface area contributed by atoms with Crippen molar-refractivity contribution in [3.8, 4) is 0 Å². The number of pyridine rings is 1. The molecule has 0 radical (unpaired) electrons. The summed E-state index contributed by atoms with van der Waals surface area (Å²) in [5, 5.41) is 3.23. The molecule has 2 aromatic rings. The van der Waals surface area contributed by atoms with E-state index in [4.69, 9.17) is 0 Å². The zero-order valence-electron chi connectivity index (χ0n) is 8.94. The third kappa shape index (κ3) is 2.25. The topological polar surface area (TPSA) is 53.6 Å². The van der Waals surface area contributed by atoms with E-state index in [-0.39, 0.29) is 11.9 Å². The van der Waals surface area contributed by atoms with Gasteiger partial charge in [0.15, 0.2) is 0 Å². The minimum absolute atomic E-state index is 0.150. The van der Waals surface area contributed by atoms with Crippen LogP contribution in [-0.2, 0) is 0 Å². The maximum atomic E-state index is 13.1. The molecule has 0 amide bonds. The van der Waals surface area contributed by atoms with Crippen LogP contribution in [-0.4, -0.2) is 21.5 Å². The van der Waals surface area contributed by atoms with Crippen molar-refractivity contribution in [1.82, 2.24) is 20.3 Å². The third-order valence-corrected chi connectivity index (χ3v) is 2.26. The highest BCUT2D eigenvalue weighted by Crippen LogP contribution is 2.18. The molecule has 0 fully saturated rings. The van der Waals surface area contributed by atoms with Crippen LogP contribution >= 0.6 is 0 Å². The summed E-state index contributed by atoms with van der Waals surface area (Å²) >= 11 is 0. The molecule has 0 saturated carbocycles. The van der Waals surface area contributed by atoms with Gasteiger partial charge in [0.1, 0.15) is 11.6 Å². The van der Waals surface area contributed by atoms with Crippen LogP contribution in [0.5, 0.6) is 0 Å². The third-order valence-electron chi connectivity index (χ3n) is 2.26. The van der Waals surface area contributed by atoms with Crippen LogP contribution in [0, 0.1) is 5.82 Å². The monoisotopic (exact) mass is 220 g/mol. The van der Waals surface area contributed by atoms with Gasteiger partial charge in [-0.15, -0.1) is 0 Å². The molecule has 1 unspecified atom stereocenters. The van der Waals surface area contributed by atoms with Gasteiger partial charge < -0.3 is 10.3 Å². The van der Waals surface area contributed by atoms with Crippen molar-refractivity contribution in [2.45, 2.75) is 13.0 Å². The fourth-order valence-electron chi connectivity index (χ4n) is 1.60. The van der Waals surface area contributed by atoms with Crippen molar-refractivity contribution >= 4 is 0 Å². The number of imidazole rings is 1. The summed E-state index contributed by atoms with van der Waals surface area (Å²) in [6.45, 7) is 2.75. The van der Waals surface area contributed by atoms with Gasteiger partial charge in [0.25, 0.3) is 0 Å². The smallest absolute Gasteiger partial charge is 0.141 e. The van der Waals surface area contributed by atoms with E-state index < -0.39 is 0 Å². The predicted octanol–water partition coefficient (Wildman–Crippen LogP) is 1.64. The van der Waals surface area contributed by atoms with Crippen molar-refractivity contribution < 1.29 is 4.39 Å². The van der Waals surface area contributed by atoms with E-state index in [2.05, 4.69) is 20.3 Å². The minimum Gasteiger partial charge on any atom is -0.347 e. The van der Waals surface area contributed by atoms with Crippen molar-refractivity contribution in [1.29, 1.82) is 0 Å². The zero-order chi connectivity index (χ0) is 11.4. The number of hydrogen-bond acceptors (Lipinski definition) is 3. The van der Waals surface area contributed by atoms with Crippen LogP contribution in [0.15, 0.2) is 30.9 Å². The zero-order valence-corrected chi connectivity index (χ0v) is 8.94. The van der Waals surface area contributed by atoms with Crippen LogP contribution < -0.4 is 5.32 Å². The molecule has 0 aliphatic rings. The number of hydrogen-bond donors (Lipinski definition) is 2. The Hall–Kier alpha value is -1.75. The van der Waals surface area contributed by atoms with Gasteiger partial charge in [-0.25, -0.2) is 9.37 Å². The molecule has 1 atom stereocenters. The Bertz CT molecular complexity index is 441. The first-order valence-electron chi connectivity index (χ1n) is 5.14. The highest BCUT2D eigenvalue weighted by Gasteiger charge is 2.15. The quantitative estimate of drug-likeness (QED) is 0.823. The maximum absolute atomic E-state index is 13.1. The fourth-order valence-corrected chi connectivity index (χ4v) is 1.60. The van der Waals surface area contributed by atoms with E-state index in [1.807, 2.05) is 6.92 Å². The molecule has 2 aromatic heterocycles. The molecule has 2 N–H and O–H groups in total. The predicted molar refractivity (Wildman–Crippen MR) is 58.3 cm³/mol. The summed E-state index contributed by atoms with van der Waals surface area (Å²) in [7, 11) is 0. The van der Waals surface area contributed by atoms with Gasteiger partial charge in [0, 0.05) is 18.6 Å². The summed E-state index contributed by atoms with van der Waals surface area (Å²) < 4.78 is 13.1. The molecule has 84 valence electrons. The SMILES string of the molecule is CCNC(c1cncc(F)c1)c1ncc[nH]1. The molecule has 0 aromatic carbocycles. The first-order valence-corrected chi connectivity index (χ1v) is 5.14. The van der Waals surface area contributed by atoms with Gasteiger partial charge in [0.05, 0.1) is 12.2 Å². The molecular formula is C11H13FN4. The van der Waals surface area contributed by atoms with Gasteiger partial charge in [-0.3, -0.25) is 4.98 Å². The van der Waals surface area contributed by atoms with Crippen LogP contribution in [0.3, 0.4) is 0 Å². The van der Waals surface area contributed by atoms with E-state index in [0.717, 1.165) is 17.9 Å². The summed E-state index contributed by atoms with van der Waals surface area (Å²) in [5.74, 6) is 0.418. The van der Waals surface area contributed by atoms with Crippen molar-refractivity contribution in [2.75, 3.05) is 6.54 Å². The van der Waals surface area contributed by atoms with Crippen LogP contribution in [0.1, 0.15) is 24.4 Å². The lowest BCUT2D eigenvalue weighted by atomic mass is 10.1. The average molecular weight is 220 g/mol. The summed E-state index contributed by atoms with van der Waals surface area (Å²) in [5.41, 5.74) is 0.761. The van der Waals surface area contributed by atoms with Gasteiger partial charge in [-0.2, -0.15) is 0 Å². The number of aromatic nitrogens is 3. The van der Waals surface area contributed by atoms with E-state index in [1.54, 1.807) is 18.6 Å². The Kier molecular flexibility index (Phi) is 3.26. The molecule has 0 aliphatic carbocycles. The van der Waals surface area contributed by atoms with Crippen LogP contribution in [0.4, 0.5) is 4.39 Å². The first kappa shape index (κ1) is 10.8. The summed E-state index contributed by atoms with van der Waals surface area (Å²) in [4.78, 5) is 11.0. The number of rotatable bonds is 4. The average Bonchev–Trinajstić information content (AvgIpc) is 2.79. The number of H-pyrrole nitrogens is 1. The Balaban J connectivity index is 2.33. The van der Waals surface area contributed by atoms with E-state index in [0.29, 0.717) is 0 Å².